The number of pyridine rings is 2. The summed E-state index contributed by atoms with van der Waals surface area (Å²) in [5.41, 5.74) is 7.66. The van der Waals surface area contributed by atoms with Crippen LogP contribution < -0.4 is 21.1 Å². The fourth-order valence-corrected chi connectivity index (χ4v) is 4.34. The van der Waals surface area contributed by atoms with Crippen molar-refractivity contribution in [2.24, 2.45) is 0 Å². The van der Waals surface area contributed by atoms with Gasteiger partial charge in [-0.3, -0.25) is 5.32 Å². The Morgan fingerprint density at radius 1 is 1.33 bits per heavy atom. The zero-order chi connectivity index (χ0) is 23.3. The van der Waals surface area contributed by atoms with Crippen LogP contribution in [0, 0.1) is 12.7 Å². The Labute approximate surface area is 189 Å². The molecule has 0 saturated heterocycles. The topological polar surface area (TPSA) is 132 Å². The highest BCUT2D eigenvalue weighted by Gasteiger charge is 2.41. The summed E-state index contributed by atoms with van der Waals surface area (Å²) in [5.74, 6) is 0.160. The molecule has 0 atom stereocenters. The smallest absolute Gasteiger partial charge is 0.413 e. The van der Waals surface area contributed by atoms with Crippen molar-refractivity contribution >= 4 is 34.1 Å². The minimum atomic E-state index is -0.796. The number of hydrogen-bond acceptors (Lipinski definition) is 8. The Morgan fingerprint density at radius 2 is 2.12 bits per heavy atom. The van der Waals surface area contributed by atoms with Crippen molar-refractivity contribution < 1.29 is 23.8 Å². The second-order valence-corrected chi connectivity index (χ2v) is 8.75. The summed E-state index contributed by atoms with van der Waals surface area (Å²) >= 11 is 0. The molecule has 2 aromatic heterocycles. The molecule has 3 aromatic rings. The summed E-state index contributed by atoms with van der Waals surface area (Å²) in [4.78, 5) is 20.7. The van der Waals surface area contributed by atoms with E-state index in [0.29, 0.717) is 48.2 Å². The highest BCUT2D eigenvalue weighted by molar-refractivity contribution is 5.99. The lowest BCUT2D eigenvalue weighted by molar-refractivity contribution is -0.100. The molecule has 1 saturated carbocycles. The number of anilines is 3. The number of benzene rings is 1. The van der Waals surface area contributed by atoms with Gasteiger partial charge in [-0.15, -0.1) is 0 Å². The van der Waals surface area contributed by atoms with Crippen LogP contribution in [0.1, 0.15) is 25.3 Å². The standard InChI is InChI=1S/C23H24FN5O4/c1-11-15(9-28-21-20(11)26-3-4-32-21)14-5-12-6-17(27-10-16(12)19(25)18(14)24)29-22(30)33-13-7-23(2,31)8-13/h5-6,9-10,13,26,31H,3-4,7-8,25H2,1-2H3,(H,27,29,30)/t13-,23-. The first kappa shape index (κ1) is 21.2. The van der Waals surface area contributed by atoms with Gasteiger partial charge in [0.05, 0.1) is 11.3 Å². The zero-order valence-corrected chi connectivity index (χ0v) is 18.2. The quantitative estimate of drug-likeness (QED) is 0.443. The molecule has 172 valence electrons. The molecule has 0 radical (unpaired) electrons. The highest BCUT2D eigenvalue weighted by atomic mass is 19.1. The Hall–Kier alpha value is -3.66. The summed E-state index contributed by atoms with van der Waals surface area (Å²) in [6, 6.07) is 3.26. The molecule has 1 fully saturated rings. The van der Waals surface area contributed by atoms with Gasteiger partial charge in [-0.05, 0) is 36.9 Å². The summed E-state index contributed by atoms with van der Waals surface area (Å²) in [6.07, 6.45) is 2.75. The van der Waals surface area contributed by atoms with E-state index in [-0.39, 0.29) is 23.2 Å². The summed E-state index contributed by atoms with van der Waals surface area (Å²) in [5, 5.41) is 16.6. The van der Waals surface area contributed by atoms with E-state index >= 15 is 4.39 Å². The van der Waals surface area contributed by atoms with Crippen LogP contribution in [0.3, 0.4) is 0 Å². The molecule has 1 aromatic carbocycles. The number of aromatic nitrogens is 2. The number of carbonyl (C=O) groups excluding carboxylic acids is 1. The maximum absolute atomic E-state index is 15.2. The van der Waals surface area contributed by atoms with Crippen molar-refractivity contribution in [3.05, 3.63) is 35.9 Å². The molecule has 0 bridgehead atoms. The van der Waals surface area contributed by atoms with Gasteiger partial charge < -0.3 is 25.6 Å². The molecule has 1 aliphatic heterocycles. The van der Waals surface area contributed by atoms with Gasteiger partial charge >= 0.3 is 6.09 Å². The number of aliphatic hydroxyl groups is 1. The first-order valence-corrected chi connectivity index (χ1v) is 10.7. The number of fused-ring (bicyclic) bond motifs is 2. The Morgan fingerprint density at radius 3 is 2.88 bits per heavy atom. The van der Waals surface area contributed by atoms with Crippen molar-refractivity contribution in [3.8, 4) is 17.0 Å². The van der Waals surface area contributed by atoms with Gasteiger partial charge in [0.2, 0.25) is 5.88 Å². The molecule has 1 amide bonds. The average Bonchev–Trinajstić information content (AvgIpc) is 2.75. The predicted octanol–water partition coefficient (Wildman–Crippen LogP) is 3.59. The van der Waals surface area contributed by atoms with E-state index in [9.17, 15) is 9.90 Å². The van der Waals surface area contributed by atoms with Crippen LogP contribution in [-0.4, -0.2) is 46.0 Å². The van der Waals surface area contributed by atoms with Crippen LogP contribution in [0.25, 0.3) is 21.9 Å². The van der Waals surface area contributed by atoms with E-state index in [1.807, 2.05) is 6.92 Å². The number of nitrogens with zero attached hydrogens (tertiary/aromatic N) is 2. The molecule has 0 spiro atoms. The van der Waals surface area contributed by atoms with Gasteiger partial charge in [-0.2, -0.15) is 0 Å². The highest BCUT2D eigenvalue weighted by Crippen LogP contribution is 2.39. The van der Waals surface area contributed by atoms with Crippen molar-refractivity contribution in [2.75, 3.05) is 29.5 Å². The van der Waals surface area contributed by atoms with Crippen LogP contribution in [0.15, 0.2) is 24.5 Å². The fraction of sp³-hybridized carbons (Fsp3) is 0.348. The first-order chi connectivity index (χ1) is 15.7. The van der Waals surface area contributed by atoms with E-state index in [1.165, 1.54) is 6.20 Å². The number of halogens is 1. The van der Waals surface area contributed by atoms with Crippen LogP contribution in [0.4, 0.5) is 26.4 Å². The van der Waals surface area contributed by atoms with Gasteiger partial charge in [-0.1, -0.05) is 0 Å². The lowest BCUT2D eigenvalue weighted by Gasteiger charge is -2.39. The second-order valence-electron chi connectivity index (χ2n) is 8.75. The van der Waals surface area contributed by atoms with Gasteiger partial charge in [-0.25, -0.2) is 19.2 Å². The summed E-state index contributed by atoms with van der Waals surface area (Å²) in [7, 11) is 0. The number of amides is 1. The number of rotatable bonds is 3. The average molecular weight is 453 g/mol. The summed E-state index contributed by atoms with van der Waals surface area (Å²) < 4.78 is 26.1. The molecule has 5 rings (SSSR count). The molecule has 0 unspecified atom stereocenters. The van der Waals surface area contributed by atoms with Crippen LogP contribution in [-0.2, 0) is 4.74 Å². The van der Waals surface area contributed by atoms with Gasteiger partial charge in [0, 0.05) is 48.3 Å². The Balaban J connectivity index is 1.46. The van der Waals surface area contributed by atoms with Crippen molar-refractivity contribution in [1.29, 1.82) is 0 Å². The van der Waals surface area contributed by atoms with Crippen LogP contribution >= 0.6 is 0 Å². The second kappa shape index (κ2) is 7.73. The zero-order valence-electron chi connectivity index (χ0n) is 18.2. The normalized spacial score (nSPS) is 21.4. The molecular weight excluding hydrogens is 429 g/mol. The van der Waals surface area contributed by atoms with E-state index in [4.69, 9.17) is 15.2 Å². The monoisotopic (exact) mass is 453 g/mol. The number of carbonyl (C=O) groups is 1. The largest absolute Gasteiger partial charge is 0.474 e. The fourth-order valence-electron chi connectivity index (χ4n) is 4.34. The molecule has 1 aliphatic carbocycles. The van der Waals surface area contributed by atoms with Crippen LogP contribution in [0.5, 0.6) is 5.88 Å². The molecule has 2 aliphatic rings. The summed E-state index contributed by atoms with van der Waals surface area (Å²) in [6.45, 7) is 4.71. The molecule has 33 heavy (non-hydrogen) atoms. The maximum Gasteiger partial charge on any atom is 0.413 e. The Bertz CT molecular complexity index is 1270. The van der Waals surface area contributed by atoms with Gasteiger partial charge in [0.1, 0.15) is 24.2 Å². The molecular formula is C23H24FN5O4. The SMILES string of the molecule is Cc1c(-c2cc3cc(NC(=O)O[C@H]4C[C@](C)(O)C4)ncc3c(N)c2F)cnc2c1NCCO2. The Kier molecular flexibility index (Phi) is 4.97. The minimum absolute atomic E-state index is 0.0397. The maximum atomic E-state index is 15.2. The molecule has 10 heteroatoms. The predicted molar refractivity (Wildman–Crippen MR) is 122 cm³/mol. The van der Waals surface area contributed by atoms with Crippen molar-refractivity contribution in [2.45, 2.75) is 38.4 Å². The van der Waals surface area contributed by atoms with Gasteiger partial charge in [0.15, 0.2) is 5.82 Å². The third-order valence-electron chi connectivity index (χ3n) is 6.07. The number of hydrogen-bond donors (Lipinski definition) is 4. The minimum Gasteiger partial charge on any atom is -0.474 e. The molecule has 3 heterocycles. The molecule has 9 nitrogen and oxygen atoms in total. The number of nitrogen functional groups attached to an aromatic ring is 1. The van der Waals surface area contributed by atoms with E-state index < -0.39 is 17.5 Å². The lowest BCUT2D eigenvalue weighted by Crippen LogP contribution is -2.47. The third-order valence-corrected chi connectivity index (χ3v) is 6.07. The molecule has 5 N–H and O–H groups in total. The third kappa shape index (κ3) is 3.86. The van der Waals surface area contributed by atoms with Crippen LogP contribution in [0.2, 0.25) is 0 Å². The number of nitrogens with one attached hydrogen (secondary N) is 2. The van der Waals surface area contributed by atoms with E-state index in [2.05, 4.69) is 20.6 Å². The van der Waals surface area contributed by atoms with E-state index in [1.54, 1.807) is 25.3 Å². The van der Waals surface area contributed by atoms with Gasteiger partial charge in [0.25, 0.3) is 0 Å². The van der Waals surface area contributed by atoms with Crippen molar-refractivity contribution in [1.82, 2.24) is 9.97 Å². The number of nitrogens with two attached hydrogens (primary N) is 1. The number of ether oxygens (including phenoxy) is 2. The van der Waals surface area contributed by atoms with Crippen molar-refractivity contribution in [3.63, 3.8) is 0 Å². The van der Waals surface area contributed by atoms with E-state index in [0.717, 1.165) is 11.3 Å². The lowest BCUT2D eigenvalue weighted by atomic mass is 9.79. The first-order valence-electron chi connectivity index (χ1n) is 10.7.